The molecule has 0 saturated carbocycles. The van der Waals surface area contributed by atoms with Crippen LogP contribution in [0.2, 0.25) is 5.15 Å². The molecular formula is C11H12ClN5O3S. The summed E-state index contributed by atoms with van der Waals surface area (Å²) in [4.78, 5) is 20.1. The zero-order chi connectivity index (χ0) is 15.6. The Bertz CT molecular complexity index is 873. The molecule has 0 unspecified atom stereocenters. The summed E-state index contributed by atoms with van der Waals surface area (Å²) >= 11 is 6.03. The first kappa shape index (κ1) is 14.2. The topological polar surface area (TPSA) is 98.0 Å². The van der Waals surface area contributed by atoms with Crippen molar-refractivity contribution in [3.05, 3.63) is 17.2 Å². The summed E-state index contributed by atoms with van der Waals surface area (Å²) in [5, 5.41) is 4.75. The molecule has 1 saturated heterocycles. The molecule has 0 bridgehead atoms. The molecule has 0 atom stereocenters. The lowest BCUT2D eigenvalue weighted by Gasteiger charge is -2.42. The molecule has 3 rings (SSSR count). The highest BCUT2D eigenvalue weighted by Crippen LogP contribution is 2.35. The summed E-state index contributed by atoms with van der Waals surface area (Å²) < 4.78 is 25.0. The Labute approximate surface area is 125 Å². The normalized spacial score (nSPS) is 19.8. The highest BCUT2D eigenvalue weighted by Gasteiger charge is 2.60. The smallest absolute Gasteiger partial charge is 0.259 e. The number of sulfonamides is 1. The van der Waals surface area contributed by atoms with E-state index in [1.54, 1.807) is 7.05 Å². The second-order valence-electron chi connectivity index (χ2n) is 5.26. The maximum absolute atomic E-state index is 12.1. The maximum atomic E-state index is 12.1. The SMILES string of the molecule is Cn1ncc2c(Cl)nc(CN3C(=O)C(C)(C)S3(=O)=O)nc21. The summed E-state index contributed by atoms with van der Waals surface area (Å²) in [6.07, 6.45) is 1.52. The van der Waals surface area contributed by atoms with Gasteiger partial charge in [-0.3, -0.25) is 9.48 Å². The lowest BCUT2D eigenvalue weighted by Crippen LogP contribution is -2.66. The molecule has 0 aromatic carbocycles. The number of aromatic nitrogens is 4. The van der Waals surface area contributed by atoms with E-state index in [4.69, 9.17) is 11.6 Å². The number of nitrogens with zero attached hydrogens (tertiary/aromatic N) is 5. The third-order valence-corrected chi connectivity index (χ3v) is 6.18. The van der Waals surface area contributed by atoms with Gasteiger partial charge in [-0.25, -0.2) is 22.7 Å². The number of fused-ring (bicyclic) bond motifs is 1. The Hall–Kier alpha value is -1.74. The quantitative estimate of drug-likeness (QED) is 0.743. The molecule has 1 aliphatic heterocycles. The first-order chi connectivity index (χ1) is 9.66. The number of carbonyl (C=O) groups is 1. The zero-order valence-electron chi connectivity index (χ0n) is 11.5. The Morgan fingerprint density at radius 3 is 2.62 bits per heavy atom. The van der Waals surface area contributed by atoms with Gasteiger partial charge < -0.3 is 0 Å². The second-order valence-corrected chi connectivity index (χ2v) is 8.03. The predicted octanol–water partition coefficient (Wildman–Crippen LogP) is 0.467. The number of hydrogen-bond acceptors (Lipinski definition) is 6. The van der Waals surface area contributed by atoms with Crippen LogP contribution < -0.4 is 0 Å². The van der Waals surface area contributed by atoms with Gasteiger partial charge >= 0.3 is 0 Å². The molecule has 0 spiro atoms. The van der Waals surface area contributed by atoms with Gasteiger partial charge in [-0.1, -0.05) is 11.6 Å². The molecular weight excluding hydrogens is 318 g/mol. The van der Waals surface area contributed by atoms with E-state index < -0.39 is 20.7 Å². The summed E-state index contributed by atoms with van der Waals surface area (Å²) in [5.41, 5.74) is 0.481. The molecule has 1 fully saturated rings. The van der Waals surface area contributed by atoms with E-state index in [1.807, 2.05) is 0 Å². The number of hydrogen-bond donors (Lipinski definition) is 0. The van der Waals surface area contributed by atoms with Crippen LogP contribution in [0.15, 0.2) is 6.20 Å². The average Bonchev–Trinajstić information content (AvgIpc) is 2.77. The van der Waals surface area contributed by atoms with Crippen molar-refractivity contribution in [2.75, 3.05) is 0 Å². The van der Waals surface area contributed by atoms with Crippen molar-refractivity contribution < 1.29 is 13.2 Å². The van der Waals surface area contributed by atoms with Gasteiger partial charge in [0.05, 0.1) is 18.1 Å². The standard InChI is InChI=1S/C11H12ClN5O3S/c1-11(2)10(18)17(21(11,19)20)5-7-14-8(12)6-4-13-16(3)9(6)15-7/h4H,5H2,1-3H3. The van der Waals surface area contributed by atoms with Gasteiger partial charge in [0.2, 0.25) is 0 Å². The molecule has 0 radical (unpaired) electrons. The number of amides is 1. The van der Waals surface area contributed by atoms with Crippen LogP contribution in [0.25, 0.3) is 11.0 Å². The minimum absolute atomic E-state index is 0.156. The fraction of sp³-hybridized carbons (Fsp3) is 0.455. The molecule has 1 amide bonds. The molecule has 8 nitrogen and oxygen atoms in total. The first-order valence-corrected chi connectivity index (χ1v) is 7.89. The third-order valence-electron chi connectivity index (χ3n) is 3.55. The van der Waals surface area contributed by atoms with Gasteiger partial charge in [-0.05, 0) is 13.8 Å². The largest absolute Gasteiger partial charge is 0.272 e. The Kier molecular flexibility index (Phi) is 2.80. The van der Waals surface area contributed by atoms with Crippen LogP contribution in [0.1, 0.15) is 19.7 Å². The zero-order valence-corrected chi connectivity index (χ0v) is 13.1. The van der Waals surface area contributed by atoms with Crippen molar-refractivity contribution in [3.8, 4) is 0 Å². The highest BCUT2D eigenvalue weighted by atomic mass is 35.5. The molecule has 2 aromatic heterocycles. The van der Waals surface area contributed by atoms with Crippen LogP contribution >= 0.6 is 11.6 Å². The second kappa shape index (κ2) is 4.14. The minimum atomic E-state index is -3.67. The van der Waals surface area contributed by atoms with E-state index in [2.05, 4.69) is 15.1 Å². The molecule has 112 valence electrons. The van der Waals surface area contributed by atoms with Crippen LogP contribution in [0.5, 0.6) is 0 Å². The molecule has 0 N–H and O–H groups in total. The molecule has 21 heavy (non-hydrogen) atoms. The van der Waals surface area contributed by atoms with E-state index in [0.717, 1.165) is 4.31 Å². The average molecular weight is 330 g/mol. The fourth-order valence-corrected chi connectivity index (χ4v) is 3.85. The van der Waals surface area contributed by atoms with E-state index in [1.165, 1.54) is 24.7 Å². The predicted molar refractivity (Wildman–Crippen MR) is 74.9 cm³/mol. The van der Waals surface area contributed by atoms with Crippen molar-refractivity contribution in [2.45, 2.75) is 25.1 Å². The Balaban J connectivity index is 2.00. The molecule has 1 aliphatic rings. The van der Waals surface area contributed by atoms with E-state index >= 15 is 0 Å². The monoisotopic (exact) mass is 329 g/mol. The Morgan fingerprint density at radius 2 is 2.00 bits per heavy atom. The Morgan fingerprint density at radius 1 is 1.33 bits per heavy atom. The molecule has 3 heterocycles. The molecule has 10 heteroatoms. The van der Waals surface area contributed by atoms with E-state index in [9.17, 15) is 13.2 Å². The van der Waals surface area contributed by atoms with Crippen molar-refractivity contribution >= 4 is 38.6 Å². The number of carbonyl (C=O) groups excluding carboxylic acids is 1. The first-order valence-electron chi connectivity index (χ1n) is 6.07. The van der Waals surface area contributed by atoms with Crippen LogP contribution in [0.4, 0.5) is 0 Å². The summed E-state index contributed by atoms with van der Waals surface area (Å²) in [6.45, 7) is 2.52. The van der Waals surface area contributed by atoms with Crippen LogP contribution in [0, 0.1) is 0 Å². The summed E-state index contributed by atoms with van der Waals surface area (Å²) in [7, 11) is -1.99. The van der Waals surface area contributed by atoms with Crippen molar-refractivity contribution in [1.82, 2.24) is 24.1 Å². The van der Waals surface area contributed by atoms with E-state index in [0.29, 0.717) is 11.0 Å². The summed E-state index contributed by atoms with van der Waals surface area (Å²) in [6, 6.07) is 0. The van der Waals surface area contributed by atoms with Gasteiger partial charge in [-0.15, -0.1) is 0 Å². The van der Waals surface area contributed by atoms with Crippen LogP contribution in [0.3, 0.4) is 0 Å². The van der Waals surface area contributed by atoms with Crippen molar-refractivity contribution in [2.24, 2.45) is 7.05 Å². The number of rotatable bonds is 2. The van der Waals surface area contributed by atoms with Gasteiger partial charge in [0.1, 0.15) is 5.15 Å². The minimum Gasteiger partial charge on any atom is -0.272 e. The molecule has 2 aromatic rings. The van der Waals surface area contributed by atoms with Crippen LogP contribution in [-0.2, 0) is 28.4 Å². The van der Waals surface area contributed by atoms with Gasteiger partial charge in [0.25, 0.3) is 15.9 Å². The maximum Gasteiger partial charge on any atom is 0.259 e. The van der Waals surface area contributed by atoms with Crippen molar-refractivity contribution in [3.63, 3.8) is 0 Å². The van der Waals surface area contributed by atoms with Crippen LogP contribution in [-0.4, -0.2) is 43.1 Å². The third kappa shape index (κ3) is 1.77. The highest BCUT2D eigenvalue weighted by molar-refractivity contribution is 7.94. The number of aryl methyl sites for hydroxylation is 1. The van der Waals surface area contributed by atoms with E-state index in [-0.39, 0.29) is 17.5 Å². The lowest BCUT2D eigenvalue weighted by molar-refractivity contribution is -0.132. The molecule has 0 aliphatic carbocycles. The fourth-order valence-electron chi connectivity index (χ4n) is 2.14. The van der Waals surface area contributed by atoms with Gasteiger partial charge in [-0.2, -0.15) is 5.10 Å². The number of halogens is 1. The van der Waals surface area contributed by atoms with Gasteiger partial charge in [0.15, 0.2) is 16.2 Å². The van der Waals surface area contributed by atoms with Gasteiger partial charge in [0, 0.05) is 7.05 Å². The summed E-state index contributed by atoms with van der Waals surface area (Å²) in [5.74, 6) is -0.323. The lowest BCUT2D eigenvalue weighted by atomic mass is 10.2. The van der Waals surface area contributed by atoms with Crippen molar-refractivity contribution in [1.29, 1.82) is 0 Å².